The molecule has 2 N–H and O–H groups in total. The van der Waals surface area contributed by atoms with E-state index in [1.165, 1.54) is 19.6 Å². The molecule has 6 heteroatoms. The molecule has 0 radical (unpaired) electrons. The molecule has 0 amide bonds. The van der Waals surface area contributed by atoms with Crippen molar-refractivity contribution in [2.24, 2.45) is 0 Å². The Morgan fingerprint density at radius 1 is 0.886 bits per heavy atom. The number of carboxylic acids is 1. The van der Waals surface area contributed by atoms with E-state index in [0.717, 1.165) is 16.7 Å². The van der Waals surface area contributed by atoms with Gasteiger partial charge in [0.1, 0.15) is 5.56 Å². The summed E-state index contributed by atoms with van der Waals surface area (Å²) in [6.07, 6.45) is 0.294. The van der Waals surface area contributed by atoms with Crippen LogP contribution in [0.5, 0.6) is 5.75 Å². The summed E-state index contributed by atoms with van der Waals surface area (Å²) in [5.41, 5.74) is 3.35. The number of halogens is 1. The Kier molecular flexibility index (Phi) is 9.24. The number of benzene rings is 3. The van der Waals surface area contributed by atoms with Gasteiger partial charge in [0, 0.05) is 22.4 Å². The number of hydrogen-bond donors (Lipinski definition) is 2. The maximum atomic E-state index is 11.9. The monoisotopic (exact) mass is 490 g/mol. The van der Waals surface area contributed by atoms with Gasteiger partial charge in [-0.25, -0.2) is 9.78 Å². The summed E-state index contributed by atoms with van der Waals surface area (Å²) in [6.45, 7) is 10.1. The van der Waals surface area contributed by atoms with Crippen molar-refractivity contribution in [1.82, 2.24) is 9.88 Å². The lowest BCUT2D eigenvalue weighted by Crippen LogP contribution is -2.21. The van der Waals surface area contributed by atoms with E-state index in [1.807, 2.05) is 48.5 Å². The van der Waals surface area contributed by atoms with Crippen molar-refractivity contribution >= 4 is 28.5 Å². The normalized spacial score (nSPS) is 10.8. The third-order valence-electron chi connectivity index (χ3n) is 5.99. The zero-order chi connectivity index (χ0) is 25.4. The van der Waals surface area contributed by atoms with Crippen molar-refractivity contribution in [1.29, 1.82) is 0 Å². The van der Waals surface area contributed by atoms with Crippen LogP contribution >= 0.6 is 11.6 Å². The van der Waals surface area contributed by atoms with E-state index in [1.54, 1.807) is 24.3 Å². The van der Waals surface area contributed by atoms with E-state index < -0.39 is 5.97 Å². The highest BCUT2D eigenvalue weighted by molar-refractivity contribution is 6.30. The van der Waals surface area contributed by atoms with Gasteiger partial charge >= 0.3 is 5.97 Å². The highest BCUT2D eigenvalue weighted by atomic mass is 35.5. The van der Waals surface area contributed by atoms with Crippen molar-refractivity contribution in [2.45, 2.75) is 27.2 Å². The third-order valence-corrected chi connectivity index (χ3v) is 6.24. The molecule has 0 spiro atoms. The van der Waals surface area contributed by atoms with Crippen molar-refractivity contribution in [3.63, 3.8) is 0 Å². The number of rotatable bonds is 7. The molecule has 5 nitrogen and oxygen atoms in total. The SMILES string of the molecule is CCN(CC)CC.O=C(O)c1c(O)c(Cc2ccc(Cl)cc2)nc2c(-c3ccccc3)cccc12. The number of pyridine rings is 1. The van der Waals surface area contributed by atoms with Crippen LogP contribution in [0.4, 0.5) is 0 Å². The molecule has 0 atom stereocenters. The first-order chi connectivity index (χ1) is 16.9. The summed E-state index contributed by atoms with van der Waals surface area (Å²) in [5.74, 6) is -1.49. The topological polar surface area (TPSA) is 73.7 Å². The molecule has 0 aliphatic rings. The molecule has 1 aromatic heterocycles. The molecule has 4 rings (SSSR count). The van der Waals surface area contributed by atoms with E-state index in [4.69, 9.17) is 11.6 Å². The van der Waals surface area contributed by atoms with Gasteiger partial charge in [-0.3, -0.25) is 0 Å². The first-order valence-electron chi connectivity index (χ1n) is 11.8. The molecule has 0 saturated carbocycles. The van der Waals surface area contributed by atoms with Crippen LogP contribution in [0.2, 0.25) is 5.02 Å². The molecule has 0 aliphatic carbocycles. The van der Waals surface area contributed by atoms with E-state index >= 15 is 0 Å². The van der Waals surface area contributed by atoms with E-state index in [-0.39, 0.29) is 11.3 Å². The fraction of sp³-hybridized carbons (Fsp3) is 0.241. The van der Waals surface area contributed by atoms with E-state index in [9.17, 15) is 15.0 Å². The lowest BCUT2D eigenvalue weighted by Gasteiger charge is -2.13. The quantitative estimate of drug-likeness (QED) is 0.295. The van der Waals surface area contributed by atoms with Crippen LogP contribution in [-0.4, -0.2) is 45.7 Å². The predicted molar refractivity (Wildman–Crippen MR) is 144 cm³/mol. The number of hydrogen-bond acceptors (Lipinski definition) is 4. The molecule has 0 saturated heterocycles. The minimum Gasteiger partial charge on any atom is -0.505 e. The highest BCUT2D eigenvalue weighted by Gasteiger charge is 2.21. The third kappa shape index (κ3) is 6.38. The molecule has 4 aromatic rings. The molecule has 1 heterocycles. The van der Waals surface area contributed by atoms with Gasteiger partial charge in [-0.15, -0.1) is 0 Å². The molecule has 182 valence electrons. The van der Waals surface area contributed by atoms with Gasteiger partial charge < -0.3 is 15.1 Å². The fourth-order valence-corrected chi connectivity index (χ4v) is 4.11. The summed E-state index contributed by atoms with van der Waals surface area (Å²) in [4.78, 5) is 19.0. The Hall–Kier alpha value is -3.41. The second kappa shape index (κ2) is 12.3. The largest absolute Gasteiger partial charge is 0.505 e. The standard InChI is InChI=1S/C23H16ClNO3.C6H15N/c24-16-11-9-14(10-12-16)13-19-22(26)20(23(27)28)18-8-4-7-17(21(18)25-19)15-5-2-1-3-6-15;1-4-7(5-2)6-3/h1-12,26H,13H2,(H,27,28);4-6H2,1-3H3. The molecule has 35 heavy (non-hydrogen) atoms. The number of aromatic carboxylic acids is 1. The van der Waals surface area contributed by atoms with Gasteiger partial charge in [-0.05, 0) is 42.9 Å². The number of carboxylic acid groups (broad SMARTS) is 1. The van der Waals surface area contributed by atoms with Crippen molar-refractivity contribution < 1.29 is 15.0 Å². The predicted octanol–water partition coefficient (Wildman–Crippen LogP) is 6.90. The molecular formula is C29H31ClN2O3. The zero-order valence-corrected chi connectivity index (χ0v) is 21.1. The van der Waals surface area contributed by atoms with Gasteiger partial charge in [-0.2, -0.15) is 0 Å². The molecule has 0 unspecified atom stereocenters. The summed E-state index contributed by atoms with van der Waals surface area (Å²) in [6, 6.07) is 22.2. The average molecular weight is 491 g/mol. The number of para-hydroxylation sites is 1. The maximum absolute atomic E-state index is 11.9. The van der Waals surface area contributed by atoms with Crippen LogP contribution < -0.4 is 0 Å². The fourth-order valence-electron chi connectivity index (χ4n) is 3.98. The van der Waals surface area contributed by atoms with Crippen molar-refractivity contribution in [3.05, 3.63) is 94.6 Å². The number of aromatic hydroxyl groups is 1. The Morgan fingerprint density at radius 3 is 2.06 bits per heavy atom. The second-order valence-electron chi connectivity index (χ2n) is 8.08. The molecule has 0 fully saturated rings. The lowest BCUT2D eigenvalue weighted by atomic mass is 9.97. The molecule has 0 bridgehead atoms. The van der Waals surface area contributed by atoms with Crippen LogP contribution in [0.15, 0.2) is 72.8 Å². The molecule has 0 aliphatic heterocycles. The van der Waals surface area contributed by atoms with E-state index in [2.05, 4.69) is 30.7 Å². The minimum atomic E-state index is -1.19. The number of fused-ring (bicyclic) bond motifs is 1. The van der Waals surface area contributed by atoms with Gasteiger partial charge in [0.15, 0.2) is 5.75 Å². The van der Waals surface area contributed by atoms with Crippen molar-refractivity contribution in [3.8, 4) is 16.9 Å². The highest BCUT2D eigenvalue weighted by Crippen LogP contribution is 2.35. The van der Waals surface area contributed by atoms with Gasteiger partial charge in [0.05, 0.1) is 11.2 Å². The number of aromatic nitrogens is 1. The Bertz CT molecular complexity index is 1270. The van der Waals surface area contributed by atoms with Gasteiger partial charge in [-0.1, -0.05) is 93.0 Å². The summed E-state index contributed by atoms with van der Waals surface area (Å²) >= 11 is 5.94. The number of carbonyl (C=O) groups is 1. The van der Waals surface area contributed by atoms with Crippen LogP contribution in [0.25, 0.3) is 22.0 Å². The summed E-state index contributed by atoms with van der Waals surface area (Å²) in [5, 5.41) is 21.4. The smallest absolute Gasteiger partial charge is 0.340 e. The average Bonchev–Trinajstić information content (AvgIpc) is 2.87. The Morgan fingerprint density at radius 2 is 1.51 bits per heavy atom. The second-order valence-corrected chi connectivity index (χ2v) is 8.51. The lowest BCUT2D eigenvalue weighted by molar-refractivity contribution is 0.0695. The van der Waals surface area contributed by atoms with Crippen LogP contribution in [0, 0.1) is 0 Å². The Balaban J connectivity index is 0.000000429. The van der Waals surface area contributed by atoms with Crippen LogP contribution in [0.3, 0.4) is 0 Å². The first kappa shape index (κ1) is 26.2. The summed E-state index contributed by atoms with van der Waals surface area (Å²) in [7, 11) is 0. The van der Waals surface area contributed by atoms with Crippen LogP contribution in [0.1, 0.15) is 42.4 Å². The molecule has 3 aromatic carbocycles. The first-order valence-corrected chi connectivity index (χ1v) is 12.2. The van der Waals surface area contributed by atoms with Crippen molar-refractivity contribution in [2.75, 3.05) is 19.6 Å². The molecular weight excluding hydrogens is 460 g/mol. The van der Waals surface area contributed by atoms with Gasteiger partial charge in [0.2, 0.25) is 0 Å². The van der Waals surface area contributed by atoms with E-state index in [0.29, 0.717) is 28.0 Å². The van der Waals surface area contributed by atoms with Gasteiger partial charge in [0.25, 0.3) is 0 Å². The van der Waals surface area contributed by atoms with Crippen LogP contribution in [-0.2, 0) is 6.42 Å². The Labute approximate surface area is 211 Å². The summed E-state index contributed by atoms with van der Waals surface area (Å²) < 4.78 is 0. The number of nitrogens with zero attached hydrogens (tertiary/aromatic N) is 2. The minimum absolute atomic E-state index is 0.133. The maximum Gasteiger partial charge on any atom is 0.340 e. The zero-order valence-electron chi connectivity index (χ0n) is 20.3.